The second kappa shape index (κ2) is 11.3. The summed E-state index contributed by atoms with van der Waals surface area (Å²) in [5.41, 5.74) is 1.50. The molecule has 0 aliphatic rings. The first kappa shape index (κ1) is 22.7. The van der Waals surface area contributed by atoms with Gasteiger partial charge in [-0.25, -0.2) is 0 Å². The van der Waals surface area contributed by atoms with Crippen LogP contribution in [0.1, 0.15) is 37.7 Å². The Bertz CT molecular complexity index is 741. The van der Waals surface area contributed by atoms with Crippen LogP contribution < -0.4 is 4.90 Å². The Morgan fingerprint density at radius 2 is 1.67 bits per heavy atom. The van der Waals surface area contributed by atoms with E-state index in [0.29, 0.717) is 31.4 Å². The summed E-state index contributed by atoms with van der Waals surface area (Å²) in [6.45, 7) is 0.995. The number of allylic oxidation sites excluding steroid dienone is 1. The van der Waals surface area contributed by atoms with Gasteiger partial charge < -0.3 is 15.1 Å². The average molecular weight is 399 g/mol. The van der Waals surface area contributed by atoms with Gasteiger partial charge in [0.1, 0.15) is 0 Å². The van der Waals surface area contributed by atoms with Crippen molar-refractivity contribution in [2.45, 2.75) is 32.1 Å². The van der Waals surface area contributed by atoms with Crippen LogP contribution in [0.5, 0.6) is 0 Å². The first-order valence-electron chi connectivity index (χ1n) is 8.58. The van der Waals surface area contributed by atoms with Crippen molar-refractivity contribution in [2.75, 3.05) is 23.7 Å². The molecule has 0 aliphatic heterocycles. The molecule has 0 atom stereocenters. The molecule has 0 fully saturated rings. The van der Waals surface area contributed by atoms with E-state index in [1.165, 1.54) is 0 Å². The Morgan fingerprint density at radius 3 is 2.19 bits per heavy atom. The summed E-state index contributed by atoms with van der Waals surface area (Å²) in [5, 5.41) is 17.7. The molecule has 0 amide bonds. The van der Waals surface area contributed by atoms with Crippen molar-refractivity contribution in [3.05, 3.63) is 36.1 Å². The molecular formula is C18H25NO7S. The largest absolute Gasteiger partial charge is 0.515 e. The van der Waals surface area contributed by atoms with Crippen LogP contribution in [0.15, 0.2) is 30.5 Å². The molecule has 27 heavy (non-hydrogen) atoms. The number of benzene rings is 1. The van der Waals surface area contributed by atoms with E-state index in [1.807, 2.05) is 4.90 Å². The highest BCUT2D eigenvalue weighted by Gasteiger charge is 2.11. The Morgan fingerprint density at radius 1 is 1.04 bits per heavy atom. The number of carbonyl (C=O) groups excluding carboxylic acids is 1. The van der Waals surface area contributed by atoms with Gasteiger partial charge in [-0.15, -0.1) is 0 Å². The number of anilines is 1. The third-order valence-corrected chi connectivity index (χ3v) is 4.79. The van der Waals surface area contributed by atoms with Gasteiger partial charge in [0.2, 0.25) is 0 Å². The predicted octanol–water partition coefficient (Wildman–Crippen LogP) is 2.51. The average Bonchev–Trinajstić information content (AvgIpc) is 2.60. The molecule has 8 nitrogen and oxygen atoms in total. The first-order chi connectivity index (χ1) is 12.8. The molecule has 0 radical (unpaired) electrons. The maximum atomic E-state index is 10.9. The van der Waals surface area contributed by atoms with Gasteiger partial charge in [-0.1, -0.05) is 18.6 Å². The summed E-state index contributed by atoms with van der Waals surface area (Å²) < 4.78 is 30.7. The summed E-state index contributed by atoms with van der Waals surface area (Å²) >= 11 is 0. The van der Waals surface area contributed by atoms with Crippen molar-refractivity contribution < 1.29 is 32.8 Å². The Balaban J connectivity index is 2.76. The van der Waals surface area contributed by atoms with Crippen molar-refractivity contribution >= 4 is 33.6 Å². The van der Waals surface area contributed by atoms with Crippen molar-refractivity contribution in [3.63, 3.8) is 0 Å². The van der Waals surface area contributed by atoms with E-state index in [9.17, 15) is 18.0 Å². The number of hydrogen-bond donors (Lipinski definition) is 3. The molecule has 0 aromatic heterocycles. The number of aliphatic hydroxyl groups excluding tert-OH is 1. The van der Waals surface area contributed by atoms with Gasteiger partial charge in [0.25, 0.3) is 10.1 Å². The summed E-state index contributed by atoms with van der Waals surface area (Å²) in [6, 6.07) is 6.86. The zero-order chi connectivity index (χ0) is 20.3. The summed E-state index contributed by atoms with van der Waals surface area (Å²) in [5.74, 6) is -1.18. The SMILES string of the molecule is O=C/C(=C/O)c1ccc(N(CCCCCC(=O)O)CCCS(=O)(=O)O)cc1. The van der Waals surface area contributed by atoms with Crippen LogP contribution in [0, 0.1) is 0 Å². The van der Waals surface area contributed by atoms with Crippen LogP contribution >= 0.6 is 0 Å². The van der Waals surface area contributed by atoms with Crippen LogP contribution in [0.2, 0.25) is 0 Å². The van der Waals surface area contributed by atoms with Crippen LogP contribution in [-0.2, 0) is 19.7 Å². The highest BCUT2D eigenvalue weighted by atomic mass is 32.2. The van der Waals surface area contributed by atoms with Crippen molar-refractivity contribution in [1.82, 2.24) is 0 Å². The van der Waals surface area contributed by atoms with Crippen molar-refractivity contribution in [3.8, 4) is 0 Å². The molecule has 0 unspecified atom stereocenters. The smallest absolute Gasteiger partial charge is 0.303 e. The van der Waals surface area contributed by atoms with E-state index in [4.69, 9.17) is 14.8 Å². The molecule has 0 aliphatic carbocycles. The zero-order valence-corrected chi connectivity index (χ0v) is 15.8. The first-order valence-corrected chi connectivity index (χ1v) is 10.2. The highest BCUT2D eigenvalue weighted by molar-refractivity contribution is 7.85. The van der Waals surface area contributed by atoms with Gasteiger partial charge in [-0.05, 0) is 37.0 Å². The minimum absolute atomic E-state index is 0.111. The minimum Gasteiger partial charge on any atom is -0.515 e. The van der Waals surface area contributed by atoms with Gasteiger partial charge in [-0.3, -0.25) is 14.1 Å². The van der Waals surface area contributed by atoms with E-state index >= 15 is 0 Å². The van der Waals surface area contributed by atoms with Crippen molar-refractivity contribution in [2.24, 2.45) is 0 Å². The quantitative estimate of drug-likeness (QED) is 0.152. The molecule has 1 aromatic rings. The van der Waals surface area contributed by atoms with Crippen LogP contribution in [0.4, 0.5) is 5.69 Å². The summed E-state index contributed by atoms with van der Waals surface area (Å²) in [4.78, 5) is 23.4. The maximum absolute atomic E-state index is 10.9. The fourth-order valence-electron chi connectivity index (χ4n) is 2.60. The van der Waals surface area contributed by atoms with E-state index in [-0.39, 0.29) is 24.2 Å². The molecule has 0 heterocycles. The number of carboxylic acids is 1. The normalized spacial score (nSPS) is 12.0. The minimum atomic E-state index is -4.03. The lowest BCUT2D eigenvalue weighted by Crippen LogP contribution is -2.27. The number of aldehydes is 1. The molecule has 0 saturated carbocycles. The molecule has 1 rings (SSSR count). The monoisotopic (exact) mass is 399 g/mol. The fourth-order valence-corrected chi connectivity index (χ4v) is 3.10. The Hall–Kier alpha value is -2.39. The van der Waals surface area contributed by atoms with Gasteiger partial charge in [0.15, 0.2) is 6.29 Å². The van der Waals surface area contributed by atoms with Gasteiger partial charge in [0, 0.05) is 25.2 Å². The second-order valence-electron chi connectivity index (χ2n) is 6.08. The number of aliphatic carboxylic acids is 1. The van der Waals surface area contributed by atoms with E-state index in [2.05, 4.69) is 0 Å². The highest BCUT2D eigenvalue weighted by Crippen LogP contribution is 2.20. The van der Waals surface area contributed by atoms with E-state index in [0.717, 1.165) is 24.8 Å². The molecule has 150 valence electrons. The number of unbranched alkanes of at least 4 members (excludes halogenated alkanes) is 2. The lowest BCUT2D eigenvalue weighted by atomic mass is 10.1. The standard InChI is InChI=1S/C18H25NO7S/c20-13-16(14-21)15-6-8-17(9-7-15)19(11-4-12-27(24,25)26)10-3-1-2-5-18(22)23/h6-9,13-14,20H,1-5,10-12H2,(H,22,23)(H,24,25,26)/b16-13-. The lowest BCUT2D eigenvalue weighted by Gasteiger charge is -2.25. The van der Waals surface area contributed by atoms with Crippen LogP contribution in [-0.4, -0.2) is 54.3 Å². The van der Waals surface area contributed by atoms with E-state index in [1.54, 1.807) is 24.3 Å². The lowest BCUT2D eigenvalue weighted by molar-refractivity contribution is -0.137. The summed E-state index contributed by atoms with van der Waals surface area (Å²) in [6.07, 6.45) is 3.65. The molecule has 0 bridgehead atoms. The number of hydrogen-bond acceptors (Lipinski definition) is 6. The van der Waals surface area contributed by atoms with Gasteiger partial charge in [0.05, 0.1) is 17.6 Å². The Labute approximate surface area is 158 Å². The third-order valence-electron chi connectivity index (χ3n) is 3.98. The van der Waals surface area contributed by atoms with Gasteiger partial charge >= 0.3 is 5.97 Å². The number of carbonyl (C=O) groups is 2. The van der Waals surface area contributed by atoms with Crippen LogP contribution in [0.3, 0.4) is 0 Å². The summed E-state index contributed by atoms with van der Waals surface area (Å²) in [7, 11) is -4.03. The fraction of sp³-hybridized carbons (Fsp3) is 0.444. The number of carboxylic acid groups (broad SMARTS) is 1. The maximum Gasteiger partial charge on any atom is 0.303 e. The van der Waals surface area contributed by atoms with Crippen molar-refractivity contribution in [1.29, 1.82) is 0 Å². The second-order valence-corrected chi connectivity index (χ2v) is 7.65. The molecule has 3 N–H and O–H groups in total. The molecule has 0 spiro atoms. The molecule has 0 saturated heterocycles. The molecular weight excluding hydrogens is 374 g/mol. The third kappa shape index (κ3) is 9.20. The van der Waals surface area contributed by atoms with Gasteiger partial charge in [-0.2, -0.15) is 8.42 Å². The molecule has 1 aromatic carbocycles. The topological polar surface area (TPSA) is 132 Å². The van der Waals surface area contributed by atoms with Crippen LogP contribution in [0.25, 0.3) is 5.57 Å². The Kier molecular flexibility index (Phi) is 9.52. The molecule has 9 heteroatoms. The number of nitrogens with zero attached hydrogens (tertiary/aromatic N) is 1. The number of rotatable bonds is 13. The zero-order valence-electron chi connectivity index (χ0n) is 15.0. The number of aliphatic hydroxyl groups is 1. The van der Waals surface area contributed by atoms with E-state index < -0.39 is 16.1 Å². The predicted molar refractivity (Wildman–Crippen MR) is 102 cm³/mol.